The lowest BCUT2D eigenvalue weighted by atomic mass is 10.1. The Hall–Kier alpha value is -2.00. The molecule has 2 N–H and O–H groups in total. The molecule has 2 aromatic heterocycles. The average Bonchev–Trinajstić information content (AvgIpc) is 3.09. The van der Waals surface area contributed by atoms with Crippen molar-refractivity contribution in [3.8, 4) is 0 Å². The molecule has 1 fully saturated rings. The molecule has 3 rings (SSSR count). The first-order valence-corrected chi connectivity index (χ1v) is 8.06. The molecule has 0 spiro atoms. The molecule has 23 heavy (non-hydrogen) atoms. The summed E-state index contributed by atoms with van der Waals surface area (Å²) in [6, 6.07) is 0.0698. The second-order valence-electron chi connectivity index (χ2n) is 5.55. The molecule has 1 atom stereocenters. The van der Waals surface area contributed by atoms with Crippen molar-refractivity contribution in [2.24, 2.45) is 0 Å². The molecule has 1 aliphatic heterocycles. The number of amides is 1. The molecule has 122 valence electrons. The number of hydrogen-bond donors (Lipinski definition) is 2. The van der Waals surface area contributed by atoms with E-state index >= 15 is 0 Å². The highest BCUT2D eigenvalue weighted by atomic mass is 79.9. The normalized spacial score (nSPS) is 18.0. The van der Waals surface area contributed by atoms with E-state index in [2.05, 4.69) is 41.4 Å². The molecule has 1 aliphatic rings. The van der Waals surface area contributed by atoms with E-state index in [9.17, 15) is 4.79 Å². The number of H-pyrrole nitrogens is 1. The molecule has 0 aromatic carbocycles. The predicted molar refractivity (Wildman–Crippen MR) is 89.3 cm³/mol. The van der Waals surface area contributed by atoms with Crippen molar-refractivity contribution in [1.29, 1.82) is 0 Å². The topological polar surface area (TPSA) is 90.0 Å². The lowest BCUT2D eigenvalue weighted by molar-refractivity contribution is 0.0696. The van der Waals surface area contributed by atoms with Crippen LogP contribution in [0.15, 0.2) is 23.1 Å². The van der Waals surface area contributed by atoms with Crippen LogP contribution in [0.1, 0.15) is 22.1 Å². The summed E-state index contributed by atoms with van der Waals surface area (Å²) in [4.78, 5) is 25.0. The first kappa shape index (κ1) is 15.9. The van der Waals surface area contributed by atoms with Gasteiger partial charge in [0, 0.05) is 51.7 Å². The van der Waals surface area contributed by atoms with Crippen LogP contribution in [-0.2, 0) is 0 Å². The van der Waals surface area contributed by atoms with E-state index in [1.807, 2.05) is 20.3 Å². The van der Waals surface area contributed by atoms with Crippen molar-refractivity contribution in [2.45, 2.75) is 6.04 Å². The van der Waals surface area contributed by atoms with Gasteiger partial charge >= 0.3 is 0 Å². The Labute approximate surface area is 142 Å². The van der Waals surface area contributed by atoms with Crippen LogP contribution >= 0.6 is 15.9 Å². The molecule has 8 nitrogen and oxygen atoms in total. The van der Waals surface area contributed by atoms with Crippen LogP contribution in [0, 0.1) is 0 Å². The van der Waals surface area contributed by atoms with Gasteiger partial charge in [-0.05, 0) is 15.9 Å². The van der Waals surface area contributed by atoms with E-state index in [0.717, 1.165) is 12.1 Å². The maximum Gasteiger partial charge on any atom is 0.273 e. The molecule has 0 radical (unpaired) electrons. The van der Waals surface area contributed by atoms with Gasteiger partial charge in [0.05, 0.1) is 16.7 Å². The number of hydrogen-bond acceptors (Lipinski definition) is 6. The van der Waals surface area contributed by atoms with Gasteiger partial charge in [-0.3, -0.25) is 9.89 Å². The van der Waals surface area contributed by atoms with Crippen LogP contribution in [0.25, 0.3) is 0 Å². The number of carbonyl (C=O) groups excluding carboxylic acids is 1. The highest BCUT2D eigenvalue weighted by Crippen LogP contribution is 2.21. The monoisotopic (exact) mass is 379 g/mol. The van der Waals surface area contributed by atoms with Gasteiger partial charge in [0.25, 0.3) is 5.91 Å². The van der Waals surface area contributed by atoms with Crippen molar-refractivity contribution in [2.75, 3.05) is 38.6 Å². The first-order chi connectivity index (χ1) is 11.1. The summed E-state index contributed by atoms with van der Waals surface area (Å²) >= 11 is 3.38. The fourth-order valence-corrected chi connectivity index (χ4v) is 2.84. The molecule has 1 unspecified atom stereocenters. The summed E-state index contributed by atoms with van der Waals surface area (Å²) in [5, 5.41) is 10.2. The Morgan fingerprint density at radius 2 is 2.26 bits per heavy atom. The van der Waals surface area contributed by atoms with Crippen LogP contribution in [0.5, 0.6) is 0 Å². The van der Waals surface area contributed by atoms with Gasteiger partial charge in [-0.1, -0.05) is 0 Å². The SMILES string of the molecule is CN(C)c1ncc(Br)c(C(=O)N2CCNC(c3cn[nH]c3)C2)n1. The Morgan fingerprint density at radius 3 is 2.96 bits per heavy atom. The minimum Gasteiger partial charge on any atom is -0.347 e. The molecule has 2 aromatic rings. The van der Waals surface area contributed by atoms with Gasteiger partial charge in [0.15, 0.2) is 0 Å². The lowest BCUT2D eigenvalue weighted by Gasteiger charge is -2.33. The number of nitrogens with zero attached hydrogens (tertiary/aromatic N) is 5. The Balaban J connectivity index is 1.81. The summed E-state index contributed by atoms with van der Waals surface area (Å²) in [5.74, 6) is 0.412. The number of halogens is 1. The zero-order valence-corrected chi connectivity index (χ0v) is 14.5. The zero-order valence-electron chi connectivity index (χ0n) is 13.0. The van der Waals surface area contributed by atoms with Crippen molar-refractivity contribution in [1.82, 2.24) is 30.4 Å². The zero-order chi connectivity index (χ0) is 16.4. The lowest BCUT2D eigenvalue weighted by Crippen LogP contribution is -2.48. The van der Waals surface area contributed by atoms with Crippen LogP contribution < -0.4 is 10.2 Å². The fraction of sp³-hybridized carbons (Fsp3) is 0.429. The first-order valence-electron chi connectivity index (χ1n) is 7.27. The number of aromatic amines is 1. The largest absolute Gasteiger partial charge is 0.347 e. The van der Waals surface area contributed by atoms with E-state index in [1.54, 1.807) is 22.2 Å². The van der Waals surface area contributed by atoms with Crippen molar-refractivity contribution in [3.05, 3.63) is 34.3 Å². The van der Waals surface area contributed by atoms with Crippen LogP contribution in [0.3, 0.4) is 0 Å². The van der Waals surface area contributed by atoms with Crippen LogP contribution in [-0.4, -0.2) is 64.7 Å². The molecular weight excluding hydrogens is 362 g/mol. The molecule has 0 bridgehead atoms. The molecule has 0 saturated carbocycles. The third kappa shape index (κ3) is 3.35. The summed E-state index contributed by atoms with van der Waals surface area (Å²) in [5.41, 5.74) is 1.43. The van der Waals surface area contributed by atoms with Crippen molar-refractivity contribution >= 4 is 27.8 Å². The fourth-order valence-electron chi connectivity index (χ4n) is 2.48. The Bertz CT molecular complexity index is 688. The number of nitrogens with one attached hydrogen (secondary N) is 2. The molecule has 3 heterocycles. The van der Waals surface area contributed by atoms with Crippen LogP contribution in [0.2, 0.25) is 0 Å². The number of aromatic nitrogens is 4. The van der Waals surface area contributed by atoms with Gasteiger partial charge in [0.1, 0.15) is 5.69 Å². The standard InChI is InChI=1S/C14H18BrN7O/c1-21(2)14-17-7-10(15)12(20-14)13(23)22-4-3-16-11(8-22)9-5-18-19-6-9/h5-7,11,16H,3-4,8H2,1-2H3,(H,18,19). The number of rotatable bonds is 3. The minimum atomic E-state index is -0.0997. The second kappa shape index (κ2) is 6.63. The van der Waals surface area contributed by atoms with Gasteiger partial charge in [-0.25, -0.2) is 9.97 Å². The predicted octanol–water partition coefficient (Wildman–Crippen LogP) is 0.815. The summed E-state index contributed by atoms with van der Waals surface area (Å²) < 4.78 is 0.603. The van der Waals surface area contributed by atoms with Crippen LogP contribution in [0.4, 0.5) is 5.95 Å². The average molecular weight is 380 g/mol. The van der Waals surface area contributed by atoms with Gasteiger partial charge < -0.3 is 15.1 Å². The minimum absolute atomic E-state index is 0.0698. The summed E-state index contributed by atoms with van der Waals surface area (Å²) in [6.07, 6.45) is 5.23. The summed E-state index contributed by atoms with van der Waals surface area (Å²) in [6.45, 7) is 1.94. The molecular formula is C14H18BrN7O. The quantitative estimate of drug-likeness (QED) is 0.820. The van der Waals surface area contributed by atoms with E-state index in [1.165, 1.54) is 0 Å². The molecule has 9 heteroatoms. The van der Waals surface area contributed by atoms with E-state index < -0.39 is 0 Å². The Kier molecular flexibility index (Phi) is 4.58. The van der Waals surface area contributed by atoms with Gasteiger partial charge in [-0.15, -0.1) is 0 Å². The third-order valence-electron chi connectivity index (χ3n) is 3.72. The number of piperazine rings is 1. The van der Waals surface area contributed by atoms with Gasteiger partial charge in [0.2, 0.25) is 5.95 Å². The van der Waals surface area contributed by atoms with E-state index in [4.69, 9.17) is 0 Å². The van der Waals surface area contributed by atoms with E-state index in [0.29, 0.717) is 29.2 Å². The number of anilines is 1. The highest BCUT2D eigenvalue weighted by molar-refractivity contribution is 9.10. The van der Waals surface area contributed by atoms with Crippen molar-refractivity contribution in [3.63, 3.8) is 0 Å². The smallest absolute Gasteiger partial charge is 0.273 e. The summed E-state index contributed by atoms with van der Waals surface area (Å²) in [7, 11) is 3.69. The van der Waals surface area contributed by atoms with Crippen molar-refractivity contribution < 1.29 is 4.79 Å². The van der Waals surface area contributed by atoms with Gasteiger partial charge in [-0.2, -0.15) is 5.10 Å². The second-order valence-corrected chi connectivity index (χ2v) is 6.40. The molecule has 0 aliphatic carbocycles. The van der Waals surface area contributed by atoms with E-state index in [-0.39, 0.29) is 11.9 Å². The Morgan fingerprint density at radius 1 is 1.43 bits per heavy atom. The third-order valence-corrected chi connectivity index (χ3v) is 4.30. The maximum absolute atomic E-state index is 12.8. The maximum atomic E-state index is 12.8. The molecule has 1 saturated heterocycles. The highest BCUT2D eigenvalue weighted by Gasteiger charge is 2.27. The number of carbonyl (C=O) groups is 1. The molecule has 1 amide bonds.